The van der Waals surface area contributed by atoms with Crippen LogP contribution in [0.25, 0.3) is 0 Å². The van der Waals surface area contributed by atoms with Crippen LogP contribution < -0.4 is 15.2 Å². The van der Waals surface area contributed by atoms with Crippen molar-refractivity contribution in [1.29, 1.82) is 0 Å². The zero-order valence-corrected chi connectivity index (χ0v) is 13.6. The number of hydrogen-bond acceptors (Lipinski definition) is 6. The Morgan fingerprint density at radius 1 is 1.38 bits per heavy atom. The van der Waals surface area contributed by atoms with E-state index in [2.05, 4.69) is 9.71 Å². The van der Waals surface area contributed by atoms with Gasteiger partial charge in [0.1, 0.15) is 10.6 Å². The van der Waals surface area contributed by atoms with Gasteiger partial charge in [-0.05, 0) is 18.1 Å². The molecule has 21 heavy (non-hydrogen) atoms. The monoisotopic (exact) mass is 327 g/mol. The van der Waals surface area contributed by atoms with Crippen molar-refractivity contribution in [2.45, 2.75) is 24.7 Å². The quantitative estimate of drug-likeness (QED) is 0.823. The van der Waals surface area contributed by atoms with E-state index in [0.29, 0.717) is 10.8 Å². The third kappa shape index (κ3) is 3.45. The molecule has 0 saturated heterocycles. The van der Waals surface area contributed by atoms with Crippen molar-refractivity contribution in [1.82, 2.24) is 4.98 Å². The average molecular weight is 327 g/mol. The van der Waals surface area contributed by atoms with Gasteiger partial charge in [0.15, 0.2) is 5.13 Å². The third-order valence-corrected chi connectivity index (χ3v) is 5.10. The third-order valence-electron chi connectivity index (χ3n) is 2.81. The lowest BCUT2D eigenvalue weighted by Gasteiger charge is -2.10. The fourth-order valence-electron chi connectivity index (χ4n) is 1.67. The highest BCUT2D eigenvalue weighted by Gasteiger charge is 2.21. The molecule has 0 saturated carbocycles. The summed E-state index contributed by atoms with van der Waals surface area (Å²) < 4.78 is 32.4. The van der Waals surface area contributed by atoms with Crippen molar-refractivity contribution in [2.24, 2.45) is 0 Å². The van der Waals surface area contributed by atoms with E-state index < -0.39 is 10.0 Å². The highest BCUT2D eigenvalue weighted by atomic mass is 32.2. The van der Waals surface area contributed by atoms with E-state index >= 15 is 0 Å². The van der Waals surface area contributed by atoms with Crippen LogP contribution >= 0.6 is 11.3 Å². The van der Waals surface area contributed by atoms with Crippen LogP contribution in [-0.4, -0.2) is 20.5 Å². The average Bonchev–Trinajstić information content (AvgIpc) is 2.86. The minimum Gasteiger partial charge on any atom is -0.495 e. The summed E-state index contributed by atoms with van der Waals surface area (Å²) in [7, 11) is -2.37. The second-order valence-electron chi connectivity index (χ2n) is 4.75. The Labute approximate surface area is 128 Å². The molecule has 114 valence electrons. The molecule has 6 nitrogen and oxygen atoms in total. The van der Waals surface area contributed by atoms with Crippen molar-refractivity contribution in [3.63, 3.8) is 0 Å². The molecule has 1 heterocycles. The van der Waals surface area contributed by atoms with E-state index in [1.54, 1.807) is 0 Å². The van der Waals surface area contributed by atoms with E-state index in [1.165, 1.54) is 36.6 Å². The van der Waals surface area contributed by atoms with Crippen LogP contribution in [0.5, 0.6) is 5.75 Å². The predicted molar refractivity (Wildman–Crippen MR) is 84.4 cm³/mol. The molecule has 0 amide bonds. The van der Waals surface area contributed by atoms with Gasteiger partial charge >= 0.3 is 0 Å². The number of thiazole rings is 1. The van der Waals surface area contributed by atoms with Crippen LogP contribution in [0.15, 0.2) is 28.5 Å². The summed E-state index contributed by atoms with van der Waals surface area (Å²) in [6.45, 7) is 3.99. The predicted octanol–water partition coefficient (Wildman–Crippen LogP) is 2.66. The van der Waals surface area contributed by atoms with Gasteiger partial charge in [-0.2, -0.15) is 0 Å². The molecule has 0 spiro atoms. The summed E-state index contributed by atoms with van der Waals surface area (Å²) in [6.07, 6.45) is 0. The Hall–Kier alpha value is -1.80. The maximum absolute atomic E-state index is 12.4. The van der Waals surface area contributed by atoms with Crippen LogP contribution in [-0.2, 0) is 10.0 Å². The molecule has 0 aliphatic carbocycles. The number of anilines is 2. The second kappa shape index (κ2) is 5.90. The molecule has 8 heteroatoms. The number of nitrogens with two attached hydrogens (primary N) is 1. The molecule has 1 aromatic heterocycles. The number of nitrogen functional groups attached to an aromatic ring is 1. The zero-order chi connectivity index (χ0) is 15.6. The fraction of sp³-hybridized carbons (Fsp3) is 0.308. The lowest BCUT2D eigenvalue weighted by molar-refractivity contribution is 0.403. The Morgan fingerprint density at radius 2 is 2.10 bits per heavy atom. The SMILES string of the molecule is COc1cc(N)ccc1S(=O)(=O)Nc1nc(C(C)C)cs1. The van der Waals surface area contributed by atoms with Gasteiger partial charge in [-0.25, -0.2) is 13.4 Å². The van der Waals surface area contributed by atoms with Crippen LogP contribution in [0.1, 0.15) is 25.5 Å². The molecule has 1 aromatic carbocycles. The number of ether oxygens (including phenoxy) is 1. The van der Waals surface area contributed by atoms with Crippen LogP contribution in [0.3, 0.4) is 0 Å². The van der Waals surface area contributed by atoms with Crippen molar-refractivity contribution in [3.8, 4) is 5.75 Å². The summed E-state index contributed by atoms with van der Waals surface area (Å²) >= 11 is 1.25. The van der Waals surface area contributed by atoms with Crippen molar-refractivity contribution >= 4 is 32.2 Å². The minimum atomic E-state index is -3.77. The Balaban J connectivity index is 2.33. The van der Waals surface area contributed by atoms with Gasteiger partial charge in [0, 0.05) is 17.1 Å². The number of sulfonamides is 1. The maximum atomic E-state index is 12.4. The number of benzene rings is 1. The van der Waals surface area contributed by atoms with Gasteiger partial charge in [0.05, 0.1) is 12.8 Å². The van der Waals surface area contributed by atoms with Crippen LogP contribution in [0, 0.1) is 0 Å². The highest BCUT2D eigenvalue weighted by Crippen LogP contribution is 2.29. The lowest BCUT2D eigenvalue weighted by atomic mass is 10.2. The second-order valence-corrected chi connectivity index (χ2v) is 7.26. The highest BCUT2D eigenvalue weighted by molar-refractivity contribution is 7.93. The summed E-state index contributed by atoms with van der Waals surface area (Å²) in [5, 5.41) is 2.17. The first-order valence-electron chi connectivity index (χ1n) is 6.25. The molecular weight excluding hydrogens is 310 g/mol. The summed E-state index contributed by atoms with van der Waals surface area (Å²) in [5.74, 6) is 0.439. The number of methoxy groups -OCH3 is 1. The van der Waals surface area contributed by atoms with E-state index in [-0.39, 0.29) is 16.6 Å². The van der Waals surface area contributed by atoms with Gasteiger partial charge in [0.2, 0.25) is 0 Å². The number of nitrogens with zero attached hydrogens (tertiary/aromatic N) is 1. The number of rotatable bonds is 5. The molecule has 0 aliphatic heterocycles. The lowest BCUT2D eigenvalue weighted by Crippen LogP contribution is -2.14. The van der Waals surface area contributed by atoms with E-state index in [4.69, 9.17) is 10.5 Å². The molecule has 2 aromatic rings. The first-order valence-corrected chi connectivity index (χ1v) is 8.61. The number of hydrogen-bond donors (Lipinski definition) is 2. The minimum absolute atomic E-state index is 0.0282. The van der Waals surface area contributed by atoms with Gasteiger partial charge in [-0.1, -0.05) is 13.8 Å². The Kier molecular flexibility index (Phi) is 4.38. The van der Waals surface area contributed by atoms with Gasteiger partial charge < -0.3 is 10.5 Å². The normalized spacial score (nSPS) is 11.6. The first kappa shape index (κ1) is 15.6. The smallest absolute Gasteiger partial charge is 0.267 e. The van der Waals surface area contributed by atoms with Crippen molar-refractivity contribution < 1.29 is 13.2 Å². The van der Waals surface area contributed by atoms with Crippen molar-refractivity contribution in [3.05, 3.63) is 29.3 Å². The van der Waals surface area contributed by atoms with E-state index in [1.807, 2.05) is 19.2 Å². The molecule has 0 fully saturated rings. The zero-order valence-electron chi connectivity index (χ0n) is 12.0. The van der Waals surface area contributed by atoms with Crippen molar-refractivity contribution in [2.75, 3.05) is 17.6 Å². The fourth-order valence-corrected chi connectivity index (χ4v) is 3.95. The molecule has 0 aliphatic rings. The summed E-state index contributed by atoms with van der Waals surface area (Å²) in [6, 6.07) is 4.39. The molecular formula is C13H17N3O3S2. The Bertz CT molecular complexity index is 739. The van der Waals surface area contributed by atoms with Crippen LogP contribution in [0.2, 0.25) is 0 Å². The topological polar surface area (TPSA) is 94.3 Å². The molecule has 0 unspecified atom stereocenters. The van der Waals surface area contributed by atoms with Gasteiger partial charge in [-0.15, -0.1) is 11.3 Å². The molecule has 3 N–H and O–H groups in total. The van der Waals surface area contributed by atoms with Gasteiger partial charge in [0.25, 0.3) is 10.0 Å². The molecule has 0 radical (unpaired) electrons. The first-order chi connectivity index (χ1) is 9.83. The maximum Gasteiger partial charge on any atom is 0.267 e. The van der Waals surface area contributed by atoms with Gasteiger partial charge in [-0.3, -0.25) is 4.72 Å². The van der Waals surface area contributed by atoms with Crippen LogP contribution in [0.4, 0.5) is 10.8 Å². The number of aromatic nitrogens is 1. The number of nitrogens with one attached hydrogen (secondary N) is 1. The molecule has 2 rings (SSSR count). The summed E-state index contributed by atoms with van der Waals surface area (Å²) in [5.41, 5.74) is 6.91. The largest absolute Gasteiger partial charge is 0.495 e. The summed E-state index contributed by atoms with van der Waals surface area (Å²) in [4.78, 5) is 4.28. The van der Waals surface area contributed by atoms with E-state index in [0.717, 1.165) is 5.69 Å². The Morgan fingerprint density at radius 3 is 2.67 bits per heavy atom. The van der Waals surface area contributed by atoms with E-state index in [9.17, 15) is 8.42 Å². The molecule has 0 atom stereocenters. The standard InChI is InChI=1S/C13H17N3O3S2/c1-8(2)10-7-20-13(15-10)16-21(17,18)12-5-4-9(14)6-11(12)19-3/h4-8H,14H2,1-3H3,(H,15,16). The molecule has 0 bridgehead atoms.